The predicted octanol–water partition coefficient (Wildman–Crippen LogP) is 4.98. The van der Waals surface area contributed by atoms with E-state index in [-0.39, 0.29) is 36.2 Å². The van der Waals surface area contributed by atoms with Gasteiger partial charge >= 0.3 is 6.09 Å². The zero-order chi connectivity index (χ0) is 30.3. The van der Waals surface area contributed by atoms with Crippen molar-refractivity contribution in [1.29, 1.82) is 5.41 Å². The molecule has 1 heterocycles. The Kier molecular flexibility index (Phi) is 10.5. The lowest BCUT2D eigenvalue weighted by Crippen LogP contribution is -2.51. The highest BCUT2D eigenvalue weighted by atomic mass is 35.5. The van der Waals surface area contributed by atoms with Crippen LogP contribution in [-0.4, -0.2) is 54.5 Å². The van der Waals surface area contributed by atoms with Gasteiger partial charge in [0.25, 0.3) is 5.91 Å². The molecule has 0 spiro atoms. The van der Waals surface area contributed by atoms with E-state index in [4.69, 9.17) is 21.7 Å². The molecule has 226 valence electrons. The molecule has 1 saturated heterocycles. The minimum absolute atomic E-state index is 0.106. The summed E-state index contributed by atoms with van der Waals surface area (Å²) in [6.45, 7) is 4.52. The molecule has 4 rings (SSSR count). The molecule has 0 aromatic heterocycles. The first-order valence-electron chi connectivity index (χ1n) is 14.8. The van der Waals surface area contributed by atoms with E-state index in [1.807, 2.05) is 48.5 Å². The summed E-state index contributed by atoms with van der Waals surface area (Å²) < 4.78 is 4.77. The SMILES string of the molecule is COC(=O)N[C@@H](Cc1ccccc1Cl)C(=O)NC(CCCN1C(=N)N[C@](CC(C)C)(c2ccccc2)C1=O)CC1CC1. The second kappa shape index (κ2) is 14.1. The average Bonchev–Trinajstić information content (AvgIpc) is 3.75. The van der Waals surface area contributed by atoms with Crippen molar-refractivity contribution < 1.29 is 19.1 Å². The molecule has 10 heteroatoms. The van der Waals surface area contributed by atoms with E-state index in [2.05, 4.69) is 29.8 Å². The number of methoxy groups -OCH3 is 1. The molecule has 2 aliphatic rings. The maximum absolute atomic E-state index is 13.8. The van der Waals surface area contributed by atoms with Gasteiger partial charge in [-0.2, -0.15) is 0 Å². The van der Waals surface area contributed by atoms with Crippen molar-refractivity contribution in [2.75, 3.05) is 13.7 Å². The van der Waals surface area contributed by atoms with Gasteiger partial charge < -0.3 is 20.7 Å². The molecular weight excluding hydrogens is 554 g/mol. The Morgan fingerprint density at radius 2 is 1.81 bits per heavy atom. The minimum Gasteiger partial charge on any atom is -0.453 e. The standard InChI is InChI=1S/C32H42ClN5O4/c1-21(2)20-32(24-11-5-4-6-12-24)29(40)38(30(34)37-32)17-9-13-25(18-22-15-16-22)35-28(39)27(36-31(41)42-3)19-23-10-7-8-14-26(23)33/h4-8,10-12,14,21-22,25,27H,9,13,15-20H2,1-3H3,(H2,34,37)(H,35,39)(H,36,41)/t25?,27-,32+/m0/s1. The fourth-order valence-electron chi connectivity index (χ4n) is 5.75. The second-order valence-electron chi connectivity index (χ2n) is 11.8. The number of carbonyl (C=O) groups excluding carboxylic acids is 3. The van der Waals surface area contributed by atoms with E-state index in [9.17, 15) is 14.4 Å². The molecule has 2 fully saturated rings. The highest BCUT2D eigenvalue weighted by Crippen LogP contribution is 2.36. The number of ether oxygens (including phenoxy) is 1. The van der Waals surface area contributed by atoms with Crippen LogP contribution in [0.15, 0.2) is 54.6 Å². The number of hydrogen-bond donors (Lipinski definition) is 4. The number of carbonyl (C=O) groups is 3. The number of rotatable bonds is 14. The number of hydrogen-bond acceptors (Lipinski definition) is 5. The topological polar surface area (TPSA) is 124 Å². The third kappa shape index (κ3) is 7.82. The van der Waals surface area contributed by atoms with E-state index in [0.29, 0.717) is 36.7 Å². The van der Waals surface area contributed by atoms with Crippen molar-refractivity contribution >= 4 is 35.5 Å². The number of halogens is 1. The Bertz CT molecular complexity index is 1270. The summed E-state index contributed by atoms with van der Waals surface area (Å²) in [6, 6.07) is 15.9. The largest absolute Gasteiger partial charge is 0.453 e. The van der Waals surface area contributed by atoms with Gasteiger partial charge in [-0.05, 0) is 54.7 Å². The lowest BCUT2D eigenvalue weighted by Gasteiger charge is -2.29. The third-order valence-electron chi connectivity index (χ3n) is 7.96. The van der Waals surface area contributed by atoms with Gasteiger partial charge in [-0.25, -0.2) is 4.79 Å². The van der Waals surface area contributed by atoms with Crippen molar-refractivity contribution in [3.05, 3.63) is 70.7 Å². The first-order valence-corrected chi connectivity index (χ1v) is 15.1. The zero-order valence-electron chi connectivity index (χ0n) is 24.6. The molecule has 1 unspecified atom stereocenters. The Labute approximate surface area is 253 Å². The van der Waals surface area contributed by atoms with Crippen LogP contribution in [0.3, 0.4) is 0 Å². The van der Waals surface area contributed by atoms with Crippen LogP contribution in [0, 0.1) is 17.2 Å². The highest BCUT2D eigenvalue weighted by Gasteiger charge is 2.50. The minimum atomic E-state index is -0.959. The second-order valence-corrected chi connectivity index (χ2v) is 12.2. The molecule has 0 bridgehead atoms. The summed E-state index contributed by atoms with van der Waals surface area (Å²) >= 11 is 6.34. The van der Waals surface area contributed by atoms with Crippen LogP contribution in [0.4, 0.5) is 4.79 Å². The molecule has 9 nitrogen and oxygen atoms in total. The average molecular weight is 596 g/mol. The molecule has 1 aliphatic carbocycles. The molecule has 4 N–H and O–H groups in total. The van der Waals surface area contributed by atoms with Gasteiger partial charge in [0, 0.05) is 24.0 Å². The zero-order valence-corrected chi connectivity index (χ0v) is 25.4. The number of nitrogens with zero attached hydrogens (tertiary/aromatic N) is 1. The van der Waals surface area contributed by atoms with E-state index in [0.717, 1.165) is 30.4 Å². The van der Waals surface area contributed by atoms with Gasteiger partial charge in [0.2, 0.25) is 5.91 Å². The maximum atomic E-state index is 13.8. The van der Waals surface area contributed by atoms with Gasteiger partial charge in [0.05, 0.1) is 7.11 Å². The van der Waals surface area contributed by atoms with Gasteiger partial charge in [0.1, 0.15) is 11.6 Å². The summed E-state index contributed by atoms with van der Waals surface area (Å²) in [5.74, 6) is 0.477. The van der Waals surface area contributed by atoms with Crippen molar-refractivity contribution in [2.24, 2.45) is 11.8 Å². The molecule has 0 radical (unpaired) electrons. The van der Waals surface area contributed by atoms with Gasteiger partial charge in [0.15, 0.2) is 5.96 Å². The van der Waals surface area contributed by atoms with E-state index in [1.54, 1.807) is 6.07 Å². The predicted molar refractivity (Wildman–Crippen MR) is 163 cm³/mol. The van der Waals surface area contributed by atoms with Gasteiger partial charge in [-0.1, -0.05) is 86.8 Å². The molecule has 2 aromatic rings. The smallest absolute Gasteiger partial charge is 0.407 e. The summed E-state index contributed by atoms with van der Waals surface area (Å²) in [6.07, 6.45) is 4.44. The Balaban J connectivity index is 1.42. The Morgan fingerprint density at radius 1 is 1.12 bits per heavy atom. The highest BCUT2D eigenvalue weighted by molar-refractivity contribution is 6.31. The van der Waals surface area contributed by atoms with Crippen LogP contribution in [0.1, 0.15) is 63.5 Å². The van der Waals surface area contributed by atoms with E-state index >= 15 is 0 Å². The van der Waals surface area contributed by atoms with Crippen LogP contribution in [0.25, 0.3) is 0 Å². The van der Waals surface area contributed by atoms with Crippen LogP contribution in [0.5, 0.6) is 0 Å². The first kappa shape index (κ1) is 31.3. The monoisotopic (exact) mass is 595 g/mol. The van der Waals surface area contributed by atoms with Crippen molar-refractivity contribution in [3.8, 4) is 0 Å². The lowest BCUT2D eigenvalue weighted by atomic mass is 9.82. The van der Waals surface area contributed by atoms with Gasteiger partial charge in [-0.15, -0.1) is 0 Å². The summed E-state index contributed by atoms with van der Waals surface area (Å²) in [7, 11) is 1.26. The molecule has 1 aliphatic heterocycles. The molecule has 3 atom stereocenters. The number of amides is 3. The summed E-state index contributed by atoms with van der Waals surface area (Å²) in [5, 5.41) is 18.2. The Morgan fingerprint density at radius 3 is 2.45 bits per heavy atom. The normalized spacial score (nSPS) is 19.8. The van der Waals surface area contributed by atoms with Crippen LogP contribution < -0.4 is 16.0 Å². The van der Waals surface area contributed by atoms with Crippen molar-refractivity contribution in [2.45, 2.75) is 76.4 Å². The van der Waals surface area contributed by atoms with Crippen LogP contribution in [-0.2, 0) is 26.3 Å². The molecular formula is C32H42ClN5O4. The first-order chi connectivity index (χ1) is 20.1. The number of alkyl carbamates (subject to hydrolysis) is 1. The summed E-state index contributed by atoms with van der Waals surface area (Å²) in [4.78, 5) is 40.9. The third-order valence-corrected chi connectivity index (χ3v) is 8.33. The molecule has 1 saturated carbocycles. The van der Waals surface area contributed by atoms with Crippen LogP contribution >= 0.6 is 11.6 Å². The number of nitrogens with one attached hydrogen (secondary N) is 4. The van der Waals surface area contributed by atoms with Crippen molar-refractivity contribution in [1.82, 2.24) is 20.9 Å². The maximum Gasteiger partial charge on any atom is 0.407 e. The lowest BCUT2D eigenvalue weighted by molar-refractivity contribution is -0.132. The number of guanidine groups is 1. The fourth-order valence-corrected chi connectivity index (χ4v) is 5.96. The molecule has 42 heavy (non-hydrogen) atoms. The molecule has 2 aromatic carbocycles. The number of benzene rings is 2. The Hall–Kier alpha value is -3.59. The quantitative estimate of drug-likeness (QED) is 0.245. The van der Waals surface area contributed by atoms with E-state index < -0.39 is 17.7 Å². The van der Waals surface area contributed by atoms with E-state index in [1.165, 1.54) is 12.0 Å². The fraction of sp³-hybridized carbons (Fsp3) is 0.500. The van der Waals surface area contributed by atoms with Crippen molar-refractivity contribution in [3.63, 3.8) is 0 Å². The summed E-state index contributed by atoms with van der Waals surface area (Å²) in [5.41, 5.74) is 0.647. The molecule has 3 amide bonds. The van der Waals surface area contributed by atoms with Crippen LogP contribution in [0.2, 0.25) is 5.02 Å². The van der Waals surface area contributed by atoms with Gasteiger partial charge in [-0.3, -0.25) is 19.9 Å².